The van der Waals surface area contributed by atoms with Gasteiger partial charge in [-0.1, -0.05) is 12.1 Å². The van der Waals surface area contributed by atoms with E-state index in [2.05, 4.69) is 10.6 Å². The van der Waals surface area contributed by atoms with Crippen LogP contribution in [0.15, 0.2) is 24.3 Å². The molecule has 8 heteroatoms. The van der Waals surface area contributed by atoms with Crippen molar-refractivity contribution in [1.29, 1.82) is 0 Å². The molecule has 1 aromatic carbocycles. The minimum Gasteiger partial charge on any atom is -0.337 e. The van der Waals surface area contributed by atoms with Crippen LogP contribution in [-0.4, -0.2) is 60.9 Å². The van der Waals surface area contributed by atoms with Crippen molar-refractivity contribution in [2.45, 2.75) is 19.0 Å². The number of hydrogen-bond acceptors (Lipinski definition) is 4. The van der Waals surface area contributed by atoms with Gasteiger partial charge in [-0.3, -0.25) is 14.9 Å². The summed E-state index contributed by atoms with van der Waals surface area (Å²) in [7, 11) is 3.79. The normalized spacial score (nSPS) is 16.9. The van der Waals surface area contributed by atoms with E-state index in [-0.39, 0.29) is 18.1 Å². The predicted octanol–water partition coefficient (Wildman–Crippen LogP) is 0.314. The number of benzene rings is 1. The molecule has 4 amide bonds. The summed E-state index contributed by atoms with van der Waals surface area (Å²) in [4.78, 5) is 38.8. The molecule has 2 rings (SSSR count). The number of urea groups is 1. The lowest BCUT2D eigenvalue weighted by Crippen LogP contribution is -2.41. The molecule has 0 bridgehead atoms. The summed E-state index contributed by atoms with van der Waals surface area (Å²) >= 11 is 0. The van der Waals surface area contributed by atoms with Crippen molar-refractivity contribution in [3.8, 4) is 0 Å². The maximum Gasteiger partial charge on any atom is 0.322 e. The van der Waals surface area contributed by atoms with Crippen LogP contribution in [0.3, 0.4) is 0 Å². The van der Waals surface area contributed by atoms with Crippen molar-refractivity contribution in [1.82, 2.24) is 20.4 Å². The molecular formula is C16H21FN4O3. The highest BCUT2D eigenvalue weighted by atomic mass is 19.1. The molecule has 0 saturated carbocycles. The SMILES string of the molecule is CN(C)CCN(Cc1ccc(F)cc1)C(=O)C[C@@H]1NC(=O)NC1=O. The molecule has 1 fully saturated rings. The van der Waals surface area contributed by atoms with Crippen LogP contribution in [0.1, 0.15) is 12.0 Å². The van der Waals surface area contributed by atoms with E-state index in [1.54, 1.807) is 17.0 Å². The van der Waals surface area contributed by atoms with Gasteiger partial charge in [0.15, 0.2) is 0 Å². The molecule has 1 aliphatic rings. The van der Waals surface area contributed by atoms with Gasteiger partial charge in [-0.25, -0.2) is 9.18 Å². The van der Waals surface area contributed by atoms with Gasteiger partial charge in [-0.2, -0.15) is 0 Å². The lowest BCUT2D eigenvalue weighted by molar-refractivity contribution is -0.134. The number of imide groups is 1. The molecule has 7 nitrogen and oxygen atoms in total. The van der Waals surface area contributed by atoms with Crippen molar-refractivity contribution < 1.29 is 18.8 Å². The van der Waals surface area contributed by atoms with E-state index >= 15 is 0 Å². The summed E-state index contributed by atoms with van der Waals surface area (Å²) in [5.74, 6) is -1.08. The molecule has 1 saturated heterocycles. The molecule has 24 heavy (non-hydrogen) atoms. The summed E-state index contributed by atoms with van der Waals surface area (Å²) in [6, 6.07) is 4.49. The van der Waals surface area contributed by atoms with Gasteiger partial charge >= 0.3 is 6.03 Å². The molecule has 1 aliphatic heterocycles. The second kappa shape index (κ2) is 7.87. The Morgan fingerprint density at radius 3 is 2.38 bits per heavy atom. The number of rotatable bonds is 7. The fourth-order valence-electron chi connectivity index (χ4n) is 2.33. The van der Waals surface area contributed by atoms with Gasteiger partial charge in [-0.05, 0) is 31.8 Å². The van der Waals surface area contributed by atoms with Crippen LogP contribution in [-0.2, 0) is 16.1 Å². The average molecular weight is 336 g/mol. The molecule has 1 atom stereocenters. The van der Waals surface area contributed by atoms with Gasteiger partial charge in [-0.15, -0.1) is 0 Å². The maximum atomic E-state index is 13.0. The monoisotopic (exact) mass is 336 g/mol. The molecule has 0 unspecified atom stereocenters. The fourth-order valence-corrected chi connectivity index (χ4v) is 2.33. The van der Waals surface area contributed by atoms with E-state index in [1.807, 2.05) is 19.0 Å². The maximum absolute atomic E-state index is 13.0. The molecule has 1 heterocycles. The van der Waals surface area contributed by atoms with Gasteiger partial charge in [0.25, 0.3) is 5.91 Å². The Morgan fingerprint density at radius 2 is 1.83 bits per heavy atom. The third kappa shape index (κ3) is 5.02. The third-order valence-corrected chi connectivity index (χ3v) is 3.69. The first-order valence-corrected chi connectivity index (χ1v) is 7.63. The van der Waals surface area contributed by atoms with Crippen LogP contribution in [0.4, 0.5) is 9.18 Å². The molecule has 0 aliphatic carbocycles. The number of halogens is 1. The number of nitrogens with zero attached hydrogens (tertiary/aromatic N) is 2. The Morgan fingerprint density at radius 1 is 1.17 bits per heavy atom. The Balaban J connectivity index is 2.03. The van der Waals surface area contributed by atoms with Crippen LogP contribution >= 0.6 is 0 Å². The van der Waals surface area contributed by atoms with Crippen LogP contribution in [0.25, 0.3) is 0 Å². The molecular weight excluding hydrogens is 315 g/mol. The number of carbonyl (C=O) groups excluding carboxylic acids is 3. The quantitative estimate of drug-likeness (QED) is 0.703. The highest BCUT2D eigenvalue weighted by Gasteiger charge is 2.32. The summed E-state index contributed by atoms with van der Waals surface area (Å²) in [5, 5.41) is 4.53. The van der Waals surface area contributed by atoms with Gasteiger partial charge < -0.3 is 15.1 Å². The zero-order valence-corrected chi connectivity index (χ0v) is 13.7. The topological polar surface area (TPSA) is 81.8 Å². The Hall–Kier alpha value is -2.48. The fraction of sp³-hybridized carbons (Fsp3) is 0.438. The minimum absolute atomic E-state index is 0.105. The van der Waals surface area contributed by atoms with Gasteiger partial charge in [0.1, 0.15) is 11.9 Å². The van der Waals surface area contributed by atoms with E-state index in [0.29, 0.717) is 19.6 Å². The number of hydrogen-bond donors (Lipinski definition) is 2. The Kier molecular flexibility index (Phi) is 5.86. The van der Waals surface area contributed by atoms with Crippen molar-refractivity contribution in [3.63, 3.8) is 0 Å². The highest BCUT2D eigenvalue weighted by Crippen LogP contribution is 2.10. The summed E-state index contributed by atoms with van der Waals surface area (Å²) in [5.41, 5.74) is 0.795. The summed E-state index contributed by atoms with van der Waals surface area (Å²) < 4.78 is 13.0. The second-order valence-corrected chi connectivity index (χ2v) is 5.96. The Labute approximate surface area is 139 Å². The van der Waals surface area contributed by atoms with Crippen molar-refractivity contribution >= 4 is 17.8 Å². The lowest BCUT2D eigenvalue weighted by Gasteiger charge is -2.25. The first kappa shape index (κ1) is 17.9. The minimum atomic E-state index is -0.847. The molecule has 1 aromatic rings. The van der Waals surface area contributed by atoms with Crippen molar-refractivity contribution in [3.05, 3.63) is 35.6 Å². The van der Waals surface area contributed by atoms with E-state index in [4.69, 9.17) is 0 Å². The molecule has 0 aromatic heterocycles. The first-order valence-electron chi connectivity index (χ1n) is 7.63. The number of likely N-dealkylation sites (N-methyl/N-ethyl adjacent to an activating group) is 1. The predicted molar refractivity (Wildman–Crippen MR) is 85.5 cm³/mol. The second-order valence-electron chi connectivity index (χ2n) is 5.96. The summed E-state index contributed by atoms with van der Waals surface area (Å²) in [6.45, 7) is 1.43. The highest BCUT2D eigenvalue weighted by molar-refractivity contribution is 6.05. The van der Waals surface area contributed by atoms with Crippen molar-refractivity contribution in [2.75, 3.05) is 27.2 Å². The van der Waals surface area contributed by atoms with E-state index in [0.717, 1.165) is 5.56 Å². The van der Waals surface area contributed by atoms with Gasteiger partial charge in [0, 0.05) is 19.6 Å². The number of amides is 4. The molecule has 0 spiro atoms. The van der Waals surface area contributed by atoms with Gasteiger partial charge in [0.2, 0.25) is 5.91 Å². The largest absolute Gasteiger partial charge is 0.337 e. The van der Waals surface area contributed by atoms with Gasteiger partial charge in [0.05, 0.1) is 6.42 Å². The number of nitrogens with one attached hydrogen (secondary N) is 2. The Bertz CT molecular complexity index is 618. The van der Waals surface area contributed by atoms with Crippen molar-refractivity contribution in [2.24, 2.45) is 0 Å². The zero-order valence-electron chi connectivity index (χ0n) is 13.7. The van der Waals surface area contributed by atoms with E-state index in [9.17, 15) is 18.8 Å². The average Bonchev–Trinajstić information content (AvgIpc) is 2.82. The molecule has 2 N–H and O–H groups in total. The van der Waals surface area contributed by atoms with Crippen LogP contribution < -0.4 is 10.6 Å². The van der Waals surface area contributed by atoms with E-state index in [1.165, 1.54) is 12.1 Å². The smallest absolute Gasteiger partial charge is 0.322 e. The molecule has 130 valence electrons. The number of carbonyl (C=O) groups is 3. The van der Waals surface area contributed by atoms with E-state index < -0.39 is 18.0 Å². The van der Waals surface area contributed by atoms with Crippen LogP contribution in [0.5, 0.6) is 0 Å². The standard InChI is InChI=1S/C16H21FN4O3/c1-20(2)7-8-21(10-11-3-5-12(17)6-4-11)14(22)9-13-15(23)19-16(24)18-13/h3-6,13H,7-10H2,1-2H3,(H2,18,19,23,24)/t13-/m0/s1. The van der Waals surface area contributed by atoms with Crippen LogP contribution in [0, 0.1) is 5.82 Å². The summed E-state index contributed by atoms with van der Waals surface area (Å²) in [6.07, 6.45) is -0.105. The van der Waals surface area contributed by atoms with Crippen LogP contribution in [0.2, 0.25) is 0 Å². The third-order valence-electron chi connectivity index (χ3n) is 3.69. The first-order chi connectivity index (χ1) is 11.3. The zero-order chi connectivity index (χ0) is 17.7. The lowest BCUT2D eigenvalue weighted by atomic mass is 10.1. The molecule has 0 radical (unpaired) electrons.